The van der Waals surface area contributed by atoms with E-state index in [-0.39, 0.29) is 11.8 Å². The average molecular weight is 387 g/mol. The quantitative estimate of drug-likeness (QED) is 0.846. The van der Waals surface area contributed by atoms with Crippen molar-refractivity contribution in [2.24, 2.45) is 17.8 Å². The van der Waals surface area contributed by atoms with Crippen LogP contribution < -0.4 is 11.1 Å². The van der Waals surface area contributed by atoms with E-state index >= 15 is 0 Å². The molecule has 0 aliphatic carbocycles. The molecule has 2 aliphatic heterocycles. The summed E-state index contributed by atoms with van der Waals surface area (Å²) in [6.07, 6.45) is 2.45. The lowest BCUT2D eigenvalue weighted by atomic mass is 9.91. The maximum atomic E-state index is 13.1. The van der Waals surface area contributed by atoms with Gasteiger partial charge in [-0.05, 0) is 42.7 Å². The van der Waals surface area contributed by atoms with Gasteiger partial charge in [0.05, 0.1) is 5.69 Å². The van der Waals surface area contributed by atoms with Crippen molar-refractivity contribution in [2.75, 3.05) is 25.4 Å². The van der Waals surface area contributed by atoms with Crippen LogP contribution in [-0.4, -0.2) is 41.3 Å². The Bertz CT molecular complexity index is 891. The first-order chi connectivity index (χ1) is 12.9. The van der Waals surface area contributed by atoms with Gasteiger partial charge in [0.1, 0.15) is 9.71 Å². The second-order valence-corrected chi connectivity index (χ2v) is 9.17. The molecule has 0 saturated carbocycles. The van der Waals surface area contributed by atoms with E-state index in [0.29, 0.717) is 41.3 Å². The van der Waals surface area contributed by atoms with Crippen molar-refractivity contribution in [1.82, 2.24) is 15.2 Å². The van der Waals surface area contributed by atoms with Crippen LogP contribution in [0.2, 0.25) is 0 Å². The second kappa shape index (κ2) is 7.11. The number of anilines is 1. The van der Waals surface area contributed by atoms with E-state index in [4.69, 9.17) is 10.7 Å². The summed E-state index contributed by atoms with van der Waals surface area (Å²) in [5.74, 6) is 1.39. The molecule has 0 bridgehead atoms. The van der Waals surface area contributed by atoms with Crippen LogP contribution >= 0.6 is 11.3 Å². The normalized spacial score (nSPS) is 22.8. The fourth-order valence-electron chi connectivity index (χ4n) is 4.19. The highest BCUT2D eigenvalue weighted by molar-refractivity contribution is 7.21. The predicted octanol–water partition coefficient (Wildman–Crippen LogP) is 2.68. The number of hydrogen-bond donors (Lipinski definition) is 2. The minimum absolute atomic E-state index is 0.000641. The topological polar surface area (TPSA) is 88.3 Å². The van der Waals surface area contributed by atoms with E-state index in [9.17, 15) is 9.59 Å². The number of hydrogen-bond acceptors (Lipinski definition) is 5. The van der Waals surface area contributed by atoms with Gasteiger partial charge in [-0.2, -0.15) is 0 Å². The van der Waals surface area contributed by atoms with Crippen molar-refractivity contribution < 1.29 is 9.59 Å². The molecule has 2 aliphatic rings. The molecule has 2 aromatic rings. The molecule has 2 fully saturated rings. The highest BCUT2D eigenvalue weighted by Crippen LogP contribution is 2.36. The highest BCUT2D eigenvalue weighted by Gasteiger charge is 2.36. The summed E-state index contributed by atoms with van der Waals surface area (Å²) in [5.41, 5.74) is 7.89. The predicted molar refractivity (Wildman–Crippen MR) is 108 cm³/mol. The number of thiophene rings is 1. The summed E-state index contributed by atoms with van der Waals surface area (Å²) in [7, 11) is 0. The van der Waals surface area contributed by atoms with Crippen molar-refractivity contribution in [2.45, 2.75) is 33.1 Å². The highest BCUT2D eigenvalue weighted by atomic mass is 32.1. The molecule has 4 rings (SSSR count). The number of nitrogens with zero attached hydrogens (tertiary/aromatic N) is 2. The maximum Gasteiger partial charge on any atom is 0.266 e. The summed E-state index contributed by atoms with van der Waals surface area (Å²) in [6, 6.07) is 4.00. The summed E-state index contributed by atoms with van der Waals surface area (Å²) in [5, 5.41) is 3.77. The summed E-state index contributed by atoms with van der Waals surface area (Å²) < 4.78 is 0. The Labute approximate surface area is 163 Å². The average Bonchev–Trinajstić information content (AvgIpc) is 3.33. The van der Waals surface area contributed by atoms with Gasteiger partial charge in [-0.15, -0.1) is 11.3 Å². The van der Waals surface area contributed by atoms with Gasteiger partial charge < -0.3 is 16.0 Å². The lowest BCUT2D eigenvalue weighted by Crippen LogP contribution is -2.30. The van der Waals surface area contributed by atoms with E-state index < -0.39 is 0 Å². The van der Waals surface area contributed by atoms with Gasteiger partial charge >= 0.3 is 0 Å². The van der Waals surface area contributed by atoms with Crippen molar-refractivity contribution in [3.63, 3.8) is 0 Å². The summed E-state index contributed by atoms with van der Waals surface area (Å²) in [6.45, 7) is 6.51. The number of likely N-dealkylation sites (tertiary alicyclic amines) is 1. The van der Waals surface area contributed by atoms with E-state index in [0.717, 1.165) is 41.8 Å². The van der Waals surface area contributed by atoms with E-state index in [1.54, 1.807) is 0 Å². The zero-order valence-electron chi connectivity index (χ0n) is 15.8. The summed E-state index contributed by atoms with van der Waals surface area (Å²) >= 11 is 1.40. The molecule has 2 atom stereocenters. The number of carbonyl (C=O) groups excluding carboxylic acids is 2. The molecule has 0 aromatic carbocycles. The van der Waals surface area contributed by atoms with E-state index in [1.807, 2.05) is 17.0 Å². The molecule has 2 unspecified atom stereocenters. The third-order valence-electron chi connectivity index (χ3n) is 5.65. The number of carbonyl (C=O) groups is 2. The zero-order chi connectivity index (χ0) is 19.1. The van der Waals surface area contributed by atoms with Crippen LogP contribution in [0.1, 0.15) is 42.1 Å². The first kappa shape index (κ1) is 18.2. The van der Waals surface area contributed by atoms with Gasteiger partial charge in [0.15, 0.2) is 0 Å². The molecule has 2 aromatic heterocycles. The third kappa shape index (κ3) is 3.52. The number of pyridine rings is 1. The number of aromatic nitrogens is 1. The van der Waals surface area contributed by atoms with Gasteiger partial charge in [-0.1, -0.05) is 13.8 Å². The van der Waals surface area contributed by atoms with Crippen molar-refractivity contribution >= 4 is 39.1 Å². The van der Waals surface area contributed by atoms with Crippen molar-refractivity contribution in [3.05, 3.63) is 22.7 Å². The lowest BCUT2D eigenvalue weighted by Gasteiger charge is -2.18. The Morgan fingerprint density at radius 1 is 1.41 bits per heavy atom. The molecular weight excluding hydrogens is 360 g/mol. The first-order valence-electron chi connectivity index (χ1n) is 9.66. The Hall–Kier alpha value is -2.15. The largest absolute Gasteiger partial charge is 0.397 e. The van der Waals surface area contributed by atoms with Crippen molar-refractivity contribution in [3.8, 4) is 0 Å². The van der Waals surface area contributed by atoms with Crippen LogP contribution in [0.4, 0.5) is 5.69 Å². The number of fused-ring (bicyclic) bond motifs is 1. The van der Waals surface area contributed by atoms with Crippen molar-refractivity contribution in [1.29, 1.82) is 0 Å². The van der Waals surface area contributed by atoms with Gasteiger partial charge in [0.25, 0.3) is 5.91 Å². The van der Waals surface area contributed by atoms with Crippen LogP contribution in [0.15, 0.2) is 12.1 Å². The number of amides is 2. The van der Waals surface area contributed by atoms with Gasteiger partial charge in [0, 0.05) is 37.1 Å². The second-order valence-electron chi connectivity index (χ2n) is 8.17. The number of nitrogens with one attached hydrogen (secondary N) is 1. The van der Waals surface area contributed by atoms with Gasteiger partial charge in [-0.3, -0.25) is 9.59 Å². The number of nitrogens with two attached hydrogens (primary N) is 1. The smallest absolute Gasteiger partial charge is 0.266 e. The minimum atomic E-state index is 0.000641. The van der Waals surface area contributed by atoms with Crippen LogP contribution in [0.25, 0.3) is 10.2 Å². The maximum absolute atomic E-state index is 13.1. The van der Waals surface area contributed by atoms with Crippen LogP contribution in [0.5, 0.6) is 0 Å². The number of nitrogen functional groups attached to an aromatic ring is 1. The van der Waals surface area contributed by atoms with Gasteiger partial charge in [-0.25, -0.2) is 4.98 Å². The molecule has 4 heterocycles. The fourth-order valence-corrected chi connectivity index (χ4v) is 5.27. The molecule has 2 saturated heterocycles. The molecular formula is C20H26N4O2S. The molecule has 0 spiro atoms. The minimum Gasteiger partial charge on any atom is -0.397 e. The Balaban J connectivity index is 1.52. The molecule has 27 heavy (non-hydrogen) atoms. The van der Waals surface area contributed by atoms with Crippen LogP contribution in [-0.2, 0) is 11.2 Å². The molecule has 7 heteroatoms. The summed E-state index contributed by atoms with van der Waals surface area (Å²) in [4.78, 5) is 32.6. The van der Waals surface area contributed by atoms with Crippen LogP contribution in [0.3, 0.4) is 0 Å². The molecule has 144 valence electrons. The fraction of sp³-hybridized carbons (Fsp3) is 0.550. The molecule has 0 radical (unpaired) electrons. The van der Waals surface area contributed by atoms with Gasteiger partial charge in [0.2, 0.25) is 5.91 Å². The van der Waals surface area contributed by atoms with E-state index in [2.05, 4.69) is 19.2 Å². The SMILES string of the molecule is CC(C)Cc1ccc2c(N)c(C(=O)N3CCC(C4CNC(=O)C4)C3)sc2n1. The number of rotatable bonds is 4. The monoisotopic (exact) mass is 386 g/mol. The molecule has 6 nitrogen and oxygen atoms in total. The van der Waals surface area contributed by atoms with E-state index in [1.165, 1.54) is 11.3 Å². The molecule has 3 N–H and O–H groups in total. The lowest BCUT2D eigenvalue weighted by molar-refractivity contribution is -0.119. The van der Waals surface area contributed by atoms with Crippen LogP contribution in [0, 0.1) is 17.8 Å². The first-order valence-corrected chi connectivity index (χ1v) is 10.5. The third-order valence-corrected chi connectivity index (χ3v) is 6.75. The Kier molecular flexibility index (Phi) is 4.80. The molecule has 2 amide bonds. The zero-order valence-corrected chi connectivity index (χ0v) is 16.6. The standard InChI is InChI=1S/C20H26N4O2S/c1-11(2)7-14-3-4-15-17(21)18(27-19(15)23-14)20(26)24-6-5-12(10-24)13-8-16(25)22-9-13/h3-4,11-13H,5-10,21H2,1-2H3,(H,22,25). The Morgan fingerprint density at radius 2 is 2.22 bits per heavy atom. The Morgan fingerprint density at radius 3 is 2.93 bits per heavy atom.